The third-order valence-electron chi connectivity index (χ3n) is 3.28. The first kappa shape index (κ1) is 21.3. The molecular formula is C13H9F3O8S3. The van der Waals surface area contributed by atoms with E-state index in [1.54, 1.807) is 0 Å². The van der Waals surface area contributed by atoms with Crippen LogP contribution < -0.4 is 0 Å². The van der Waals surface area contributed by atoms with E-state index < -0.39 is 67.5 Å². The second kappa shape index (κ2) is 6.87. The van der Waals surface area contributed by atoms with Gasteiger partial charge in [-0.1, -0.05) is 12.1 Å². The van der Waals surface area contributed by atoms with Crippen LogP contribution >= 0.6 is 0 Å². The molecule has 2 aromatic carbocycles. The number of hydrogen-bond donors (Lipinski definition) is 2. The highest BCUT2D eigenvalue weighted by Gasteiger charge is 2.37. The SMILES string of the molecule is O=S(=O)(O)c1ccc(C(F)S(=O)(=O)c2c(F)cccc2F)c(S(=O)(=O)O)c1. The second-order valence-electron chi connectivity index (χ2n) is 5.06. The van der Waals surface area contributed by atoms with Gasteiger partial charge in [0.25, 0.3) is 20.2 Å². The average molecular weight is 446 g/mol. The topological polar surface area (TPSA) is 143 Å². The predicted octanol–water partition coefficient (Wildman–Crippen LogP) is 1.90. The van der Waals surface area contributed by atoms with Gasteiger partial charge in [-0.3, -0.25) is 9.11 Å². The molecule has 0 heterocycles. The highest BCUT2D eigenvalue weighted by molar-refractivity contribution is 7.91. The van der Waals surface area contributed by atoms with Crippen molar-refractivity contribution in [2.45, 2.75) is 20.2 Å². The predicted molar refractivity (Wildman–Crippen MR) is 83.5 cm³/mol. The van der Waals surface area contributed by atoms with Crippen LogP contribution in [0.2, 0.25) is 0 Å². The summed E-state index contributed by atoms with van der Waals surface area (Å²) in [6, 6.07) is 2.72. The van der Waals surface area contributed by atoms with E-state index in [1.807, 2.05) is 0 Å². The lowest BCUT2D eigenvalue weighted by Crippen LogP contribution is -2.16. The lowest BCUT2D eigenvalue weighted by molar-refractivity contribution is 0.415. The Bertz CT molecular complexity index is 1200. The van der Waals surface area contributed by atoms with Gasteiger partial charge in [0.2, 0.25) is 15.3 Å². The minimum absolute atomic E-state index is 0.0970. The van der Waals surface area contributed by atoms with Crippen LogP contribution in [0.3, 0.4) is 0 Å². The molecular weight excluding hydrogens is 437 g/mol. The summed E-state index contributed by atoms with van der Waals surface area (Å²) in [5.41, 5.74) is -4.70. The Morgan fingerprint density at radius 2 is 1.33 bits per heavy atom. The van der Waals surface area contributed by atoms with Crippen molar-refractivity contribution in [3.63, 3.8) is 0 Å². The zero-order valence-corrected chi connectivity index (χ0v) is 15.2. The molecule has 0 saturated heterocycles. The van der Waals surface area contributed by atoms with Gasteiger partial charge in [0.15, 0.2) is 0 Å². The number of alkyl halides is 1. The molecule has 0 amide bonds. The van der Waals surface area contributed by atoms with Crippen molar-refractivity contribution in [2.24, 2.45) is 0 Å². The zero-order chi connectivity index (χ0) is 20.8. The van der Waals surface area contributed by atoms with E-state index in [0.29, 0.717) is 24.3 Å². The third-order valence-corrected chi connectivity index (χ3v) is 6.80. The maximum atomic E-state index is 14.7. The van der Waals surface area contributed by atoms with E-state index in [2.05, 4.69) is 0 Å². The van der Waals surface area contributed by atoms with Crippen molar-refractivity contribution in [1.29, 1.82) is 0 Å². The lowest BCUT2D eigenvalue weighted by atomic mass is 10.2. The summed E-state index contributed by atoms with van der Waals surface area (Å²) in [6.45, 7) is 0. The summed E-state index contributed by atoms with van der Waals surface area (Å²) < 4.78 is 130. The largest absolute Gasteiger partial charge is 0.294 e. The second-order valence-corrected chi connectivity index (χ2v) is 9.79. The van der Waals surface area contributed by atoms with Gasteiger partial charge in [-0.25, -0.2) is 21.6 Å². The van der Waals surface area contributed by atoms with Crippen molar-refractivity contribution in [2.75, 3.05) is 0 Å². The van der Waals surface area contributed by atoms with Crippen molar-refractivity contribution in [3.8, 4) is 0 Å². The van der Waals surface area contributed by atoms with Gasteiger partial charge in [-0.15, -0.1) is 0 Å². The molecule has 8 nitrogen and oxygen atoms in total. The van der Waals surface area contributed by atoms with E-state index in [0.717, 1.165) is 6.07 Å². The first-order valence-electron chi connectivity index (χ1n) is 6.58. The quantitative estimate of drug-likeness (QED) is 0.663. The Labute approximate surface area is 151 Å². The summed E-state index contributed by atoms with van der Waals surface area (Å²) in [6.07, 6.45) is 0. The van der Waals surface area contributed by atoms with Crippen molar-refractivity contribution in [1.82, 2.24) is 0 Å². The average Bonchev–Trinajstić information content (AvgIpc) is 2.51. The van der Waals surface area contributed by atoms with Crippen LogP contribution in [0.5, 0.6) is 0 Å². The highest BCUT2D eigenvalue weighted by atomic mass is 32.2. The number of sulfone groups is 1. The van der Waals surface area contributed by atoms with Gasteiger partial charge in [0, 0.05) is 5.56 Å². The van der Waals surface area contributed by atoms with E-state index in [9.17, 15) is 38.4 Å². The molecule has 2 rings (SSSR count). The van der Waals surface area contributed by atoms with Crippen LogP contribution in [0, 0.1) is 11.6 Å². The summed E-state index contributed by atoms with van der Waals surface area (Å²) in [5, 5.41) is 0. The van der Waals surface area contributed by atoms with E-state index in [-0.39, 0.29) is 6.07 Å². The molecule has 0 radical (unpaired) electrons. The fourth-order valence-corrected chi connectivity index (χ4v) is 4.94. The molecule has 0 aromatic heterocycles. The first-order valence-corrected chi connectivity index (χ1v) is 11.0. The molecule has 0 spiro atoms. The van der Waals surface area contributed by atoms with Crippen LogP contribution in [0.4, 0.5) is 13.2 Å². The summed E-state index contributed by atoms with van der Waals surface area (Å²) in [7, 11) is -15.9. The molecule has 0 aliphatic rings. The molecule has 0 bridgehead atoms. The molecule has 27 heavy (non-hydrogen) atoms. The van der Waals surface area contributed by atoms with Gasteiger partial charge in [0.05, 0.1) is 4.90 Å². The zero-order valence-electron chi connectivity index (χ0n) is 12.7. The fourth-order valence-electron chi connectivity index (χ4n) is 2.11. The van der Waals surface area contributed by atoms with Gasteiger partial charge in [-0.05, 0) is 24.3 Å². The monoisotopic (exact) mass is 446 g/mol. The Balaban J connectivity index is 2.78. The van der Waals surface area contributed by atoms with E-state index in [1.165, 1.54) is 0 Å². The minimum Gasteiger partial charge on any atom is -0.282 e. The van der Waals surface area contributed by atoms with Crippen LogP contribution in [-0.2, 0) is 30.1 Å². The normalized spacial score (nSPS) is 14.1. The maximum Gasteiger partial charge on any atom is 0.294 e. The van der Waals surface area contributed by atoms with Crippen LogP contribution in [0.1, 0.15) is 11.1 Å². The summed E-state index contributed by atoms with van der Waals surface area (Å²) in [5.74, 6) is -3.30. The maximum absolute atomic E-state index is 14.7. The Kier molecular flexibility index (Phi) is 5.42. The molecule has 148 valence electrons. The molecule has 0 aliphatic carbocycles. The first-order chi connectivity index (χ1) is 12.2. The van der Waals surface area contributed by atoms with Gasteiger partial charge in [0.1, 0.15) is 21.4 Å². The smallest absolute Gasteiger partial charge is 0.282 e. The number of hydrogen-bond acceptors (Lipinski definition) is 6. The summed E-state index contributed by atoms with van der Waals surface area (Å²) in [4.78, 5) is -4.30. The van der Waals surface area contributed by atoms with Crippen LogP contribution in [0.25, 0.3) is 0 Å². The molecule has 0 aliphatic heterocycles. The fraction of sp³-hybridized carbons (Fsp3) is 0.0769. The number of benzene rings is 2. The molecule has 0 saturated carbocycles. The highest BCUT2D eigenvalue weighted by Crippen LogP contribution is 2.36. The number of halogens is 3. The molecule has 2 aromatic rings. The molecule has 0 fully saturated rings. The lowest BCUT2D eigenvalue weighted by Gasteiger charge is -2.15. The molecule has 1 atom stereocenters. The van der Waals surface area contributed by atoms with Crippen molar-refractivity contribution >= 4 is 30.1 Å². The molecule has 14 heteroatoms. The Hall–Kier alpha value is -2.00. The van der Waals surface area contributed by atoms with Gasteiger partial charge < -0.3 is 0 Å². The van der Waals surface area contributed by atoms with Gasteiger partial charge in [-0.2, -0.15) is 16.8 Å². The van der Waals surface area contributed by atoms with Gasteiger partial charge >= 0.3 is 0 Å². The van der Waals surface area contributed by atoms with Crippen LogP contribution in [0.15, 0.2) is 51.1 Å². The van der Waals surface area contributed by atoms with E-state index >= 15 is 0 Å². The van der Waals surface area contributed by atoms with Crippen molar-refractivity contribution < 1.29 is 47.5 Å². The van der Waals surface area contributed by atoms with E-state index in [4.69, 9.17) is 9.11 Å². The molecule has 1 unspecified atom stereocenters. The van der Waals surface area contributed by atoms with Crippen LogP contribution in [-0.4, -0.2) is 34.4 Å². The Morgan fingerprint density at radius 3 is 1.78 bits per heavy atom. The minimum atomic E-state index is -5.49. The van der Waals surface area contributed by atoms with Crippen molar-refractivity contribution in [3.05, 3.63) is 53.6 Å². The number of rotatable bonds is 5. The Morgan fingerprint density at radius 1 is 0.815 bits per heavy atom. The third kappa shape index (κ3) is 4.14. The standard InChI is InChI=1S/C13H9F3O8S3/c14-9-2-1-3-10(15)12(9)25(17,18)13(16)8-5-4-7(26(19,20)21)6-11(8)27(22,23)24/h1-6,13H,(H,19,20,21)(H,22,23,24). The summed E-state index contributed by atoms with van der Waals surface area (Å²) >= 11 is 0. The molecule has 2 N–H and O–H groups in total.